The third kappa shape index (κ3) is 2.47. The Kier molecular flexibility index (Phi) is 3.14. The molecule has 2 rings (SSSR count). The van der Waals surface area contributed by atoms with Crippen molar-refractivity contribution in [2.45, 2.75) is 6.42 Å². The van der Waals surface area contributed by atoms with Crippen LogP contribution in [0.15, 0.2) is 23.6 Å². The van der Waals surface area contributed by atoms with Crippen molar-refractivity contribution in [2.75, 3.05) is 5.88 Å². The Balaban J connectivity index is 2.14. The number of nitrogens with one attached hydrogen (secondary N) is 2. The minimum Gasteiger partial charge on any atom is -0.414 e. The van der Waals surface area contributed by atoms with E-state index in [1.807, 2.05) is 0 Å². The molecule has 0 aromatic carbocycles. The molecule has 0 bridgehead atoms. The second-order valence-corrected chi connectivity index (χ2v) is 3.85. The van der Waals surface area contributed by atoms with Gasteiger partial charge in [-0.25, -0.2) is 4.79 Å². The van der Waals surface area contributed by atoms with Crippen LogP contribution in [0.5, 0.6) is 0 Å². The molecular weight excluding hydrogens is 248 g/mol. The predicted octanol–water partition coefficient (Wildman–Crippen LogP) is 0.395. The lowest BCUT2D eigenvalue weighted by Gasteiger charge is -2.27. The Hall–Kier alpha value is -1.82. The minimum atomic E-state index is -0.779. The second-order valence-electron chi connectivity index (χ2n) is 3.58. The summed E-state index contributed by atoms with van der Waals surface area (Å²) in [5.41, 5.74) is 0.567. The average Bonchev–Trinajstić information content (AvgIpc) is 2.29. The molecule has 90 valence electrons. The van der Waals surface area contributed by atoms with Crippen LogP contribution in [0.4, 0.5) is 4.79 Å². The number of ether oxygens (including phenoxy) is 1. The van der Waals surface area contributed by atoms with E-state index in [1.54, 1.807) is 6.08 Å². The molecule has 6 nitrogen and oxygen atoms in total. The number of halogens is 1. The van der Waals surface area contributed by atoms with Gasteiger partial charge in [0.1, 0.15) is 17.6 Å². The molecule has 2 N–H and O–H groups in total. The third-order valence-corrected chi connectivity index (χ3v) is 2.63. The summed E-state index contributed by atoms with van der Waals surface area (Å²) < 4.78 is 4.85. The summed E-state index contributed by atoms with van der Waals surface area (Å²) in [6, 6.07) is 0. The monoisotopic (exact) mass is 256 g/mol. The number of hydrogen-bond acceptors (Lipinski definition) is 4. The highest BCUT2D eigenvalue weighted by atomic mass is 35.5. The van der Waals surface area contributed by atoms with Crippen LogP contribution in [0.1, 0.15) is 6.42 Å². The summed E-state index contributed by atoms with van der Waals surface area (Å²) in [7, 11) is 0. The van der Waals surface area contributed by atoms with Gasteiger partial charge in [-0.05, 0) is 12.2 Å². The van der Waals surface area contributed by atoms with Gasteiger partial charge in [0.2, 0.25) is 11.8 Å². The van der Waals surface area contributed by atoms with Gasteiger partial charge >= 0.3 is 6.09 Å². The van der Waals surface area contributed by atoms with Crippen molar-refractivity contribution in [2.24, 2.45) is 5.92 Å². The molecule has 1 aliphatic carbocycles. The zero-order valence-electron chi connectivity index (χ0n) is 8.66. The summed E-state index contributed by atoms with van der Waals surface area (Å²) in [6.45, 7) is 0. The smallest absolute Gasteiger partial charge is 0.414 e. The van der Waals surface area contributed by atoms with E-state index in [1.165, 1.54) is 6.08 Å². The Morgan fingerprint density at radius 1 is 1.53 bits per heavy atom. The van der Waals surface area contributed by atoms with Crippen LogP contribution < -0.4 is 10.6 Å². The van der Waals surface area contributed by atoms with E-state index in [0.29, 0.717) is 11.5 Å². The molecule has 0 radical (unpaired) electrons. The van der Waals surface area contributed by atoms with Crippen LogP contribution in [-0.4, -0.2) is 23.8 Å². The highest BCUT2D eigenvalue weighted by molar-refractivity contribution is 6.27. The standard InChI is InChI=1S/C10H9ClN2O4/c11-4-8(14)12-5-1-2-7-6(3-5)9(15)13-10(16)17-7/h1-2,6H,3-4H2,(H,12,14)(H,13,15,16). The van der Waals surface area contributed by atoms with Gasteiger partial charge in [-0.15, -0.1) is 11.6 Å². The first-order valence-corrected chi connectivity index (χ1v) is 5.43. The van der Waals surface area contributed by atoms with E-state index in [9.17, 15) is 14.4 Å². The molecule has 17 heavy (non-hydrogen) atoms. The SMILES string of the molecule is O=C(CCl)NC1=CC=C2OC(=O)NC(=O)C2C1. The average molecular weight is 257 g/mol. The molecule has 1 fully saturated rings. The van der Waals surface area contributed by atoms with Crippen molar-refractivity contribution in [1.82, 2.24) is 10.6 Å². The maximum atomic E-state index is 11.5. The topological polar surface area (TPSA) is 84.5 Å². The summed E-state index contributed by atoms with van der Waals surface area (Å²) in [5, 5.41) is 4.62. The molecule has 0 spiro atoms. The zero-order valence-corrected chi connectivity index (χ0v) is 9.41. The predicted molar refractivity (Wildman–Crippen MR) is 57.8 cm³/mol. The van der Waals surface area contributed by atoms with Crippen molar-refractivity contribution in [1.29, 1.82) is 0 Å². The molecule has 1 saturated heterocycles. The van der Waals surface area contributed by atoms with Crippen LogP contribution in [-0.2, 0) is 14.3 Å². The number of amides is 3. The Morgan fingerprint density at radius 2 is 2.29 bits per heavy atom. The largest absolute Gasteiger partial charge is 0.419 e. The lowest BCUT2D eigenvalue weighted by Crippen LogP contribution is -2.44. The fraction of sp³-hybridized carbons (Fsp3) is 0.300. The fourth-order valence-electron chi connectivity index (χ4n) is 1.64. The molecule has 0 saturated carbocycles. The highest BCUT2D eigenvalue weighted by Crippen LogP contribution is 2.27. The number of carbonyl (C=O) groups is 3. The number of rotatable bonds is 2. The number of alkyl halides is 1. The zero-order chi connectivity index (χ0) is 12.4. The van der Waals surface area contributed by atoms with E-state index in [2.05, 4.69) is 10.6 Å². The number of fused-ring (bicyclic) bond motifs is 1. The summed E-state index contributed by atoms with van der Waals surface area (Å²) >= 11 is 5.35. The van der Waals surface area contributed by atoms with Crippen molar-refractivity contribution in [3.63, 3.8) is 0 Å². The first kappa shape index (κ1) is 11.7. The third-order valence-electron chi connectivity index (χ3n) is 2.39. The summed E-state index contributed by atoms with van der Waals surface area (Å²) in [6.07, 6.45) is 2.57. The highest BCUT2D eigenvalue weighted by Gasteiger charge is 2.35. The molecule has 1 unspecified atom stereocenters. The number of carbonyl (C=O) groups excluding carboxylic acids is 3. The van der Waals surface area contributed by atoms with Gasteiger partial charge in [-0.2, -0.15) is 0 Å². The molecule has 1 heterocycles. The van der Waals surface area contributed by atoms with Crippen molar-refractivity contribution < 1.29 is 19.1 Å². The number of hydrogen-bond donors (Lipinski definition) is 2. The van der Waals surface area contributed by atoms with Crippen LogP contribution in [0.2, 0.25) is 0 Å². The maximum Gasteiger partial charge on any atom is 0.419 e. The fourth-order valence-corrected chi connectivity index (χ4v) is 1.71. The van der Waals surface area contributed by atoms with Gasteiger partial charge < -0.3 is 10.1 Å². The van der Waals surface area contributed by atoms with Crippen molar-refractivity contribution in [3.8, 4) is 0 Å². The molecule has 0 aromatic rings. The van der Waals surface area contributed by atoms with Crippen molar-refractivity contribution >= 4 is 29.5 Å². The first-order valence-electron chi connectivity index (χ1n) is 4.89. The quantitative estimate of drug-likeness (QED) is 0.700. The van der Waals surface area contributed by atoms with Gasteiger partial charge in [-0.3, -0.25) is 14.9 Å². The molecule has 7 heteroatoms. The van der Waals surface area contributed by atoms with Gasteiger partial charge in [0, 0.05) is 12.1 Å². The van der Waals surface area contributed by atoms with Crippen LogP contribution in [0, 0.1) is 5.92 Å². The Morgan fingerprint density at radius 3 is 3.00 bits per heavy atom. The lowest BCUT2D eigenvalue weighted by molar-refractivity contribution is -0.126. The molecule has 0 aromatic heterocycles. The van der Waals surface area contributed by atoms with E-state index in [-0.39, 0.29) is 18.2 Å². The van der Waals surface area contributed by atoms with E-state index in [0.717, 1.165) is 0 Å². The molecule has 1 atom stereocenters. The number of alkyl carbamates (subject to hydrolysis) is 1. The Bertz CT molecular complexity index is 455. The first-order chi connectivity index (χ1) is 8.10. The minimum absolute atomic E-state index is 0.153. The van der Waals surface area contributed by atoms with Crippen LogP contribution in [0.3, 0.4) is 0 Å². The molecular formula is C10H9ClN2O4. The summed E-state index contributed by atoms with van der Waals surface area (Å²) in [5.74, 6) is -1.22. The van der Waals surface area contributed by atoms with Gasteiger partial charge in [0.15, 0.2) is 0 Å². The maximum absolute atomic E-state index is 11.5. The van der Waals surface area contributed by atoms with Gasteiger partial charge in [0.25, 0.3) is 0 Å². The molecule has 2 aliphatic rings. The van der Waals surface area contributed by atoms with E-state index >= 15 is 0 Å². The van der Waals surface area contributed by atoms with E-state index < -0.39 is 17.9 Å². The number of imide groups is 1. The normalized spacial score (nSPS) is 22.8. The second kappa shape index (κ2) is 4.58. The van der Waals surface area contributed by atoms with Gasteiger partial charge in [0.05, 0.1) is 0 Å². The summed E-state index contributed by atoms with van der Waals surface area (Å²) in [4.78, 5) is 33.5. The van der Waals surface area contributed by atoms with E-state index in [4.69, 9.17) is 16.3 Å². The van der Waals surface area contributed by atoms with Gasteiger partial charge in [-0.1, -0.05) is 0 Å². The molecule has 1 aliphatic heterocycles. The lowest BCUT2D eigenvalue weighted by atomic mass is 9.94. The molecule has 3 amide bonds. The Labute approximate surface area is 102 Å². The number of allylic oxidation sites excluding steroid dienone is 3. The van der Waals surface area contributed by atoms with Crippen molar-refractivity contribution in [3.05, 3.63) is 23.6 Å². The van der Waals surface area contributed by atoms with Crippen LogP contribution in [0.25, 0.3) is 0 Å². The van der Waals surface area contributed by atoms with Crippen LogP contribution >= 0.6 is 11.6 Å².